The van der Waals surface area contributed by atoms with Gasteiger partial charge in [0.05, 0.1) is 11.4 Å². The van der Waals surface area contributed by atoms with Crippen molar-refractivity contribution in [1.82, 2.24) is 0 Å². The number of anilines is 1. The SMILES string of the molecule is CC(=O)C=C1C=C(c2ccccc2)N=C(c2ccccc2)N1c1ccc(C)cc1. The molecule has 3 aromatic rings. The van der Waals surface area contributed by atoms with E-state index in [1.54, 1.807) is 13.0 Å². The van der Waals surface area contributed by atoms with Crippen molar-refractivity contribution in [2.24, 2.45) is 4.99 Å². The molecule has 0 atom stereocenters. The lowest BCUT2D eigenvalue weighted by Gasteiger charge is -2.31. The van der Waals surface area contributed by atoms with Gasteiger partial charge in [0.1, 0.15) is 5.84 Å². The van der Waals surface area contributed by atoms with Gasteiger partial charge < -0.3 is 0 Å². The van der Waals surface area contributed by atoms with Gasteiger partial charge in [0.2, 0.25) is 0 Å². The first-order valence-corrected chi connectivity index (χ1v) is 9.62. The molecule has 1 aliphatic heterocycles. The van der Waals surface area contributed by atoms with E-state index in [1.807, 2.05) is 71.6 Å². The summed E-state index contributed by atoms with van der Waals surface area (Å²) in [5.41, 5.74) is 5.79. The van der Waals surface area contributed by atoms with Crippen molar-refractivity contribution >= 4 is 23.0 Å². The predicted octanol–water partition coefficient (Wildman–Crippen LogP) is 5.78. The fourth-order valence-corrected chi connectivity index (χ4v) is 3.34. The third-order valence-corrected chi connectivity index (χ3v) is 4.73. The van der Waals surface area contributed by atoms with E-state index in [0.717, 1.165) is 34.0 Å². The second-order valence-electron chi connectivity index (χ2n) is 7.05. The van der Waals surface area contributed by atoms with Gasteiger partial charge in [-0.15, -0.1) is 0 Å². The maximum Gasteiger partial charge on any atom is 0.154 e. The number of carbonyl (C=O) groups is 1. The number of rotatable bonds is 4. The van der Waals surface area contributed by atoms with Crippen LogP contribution in [0.5, 0.6) is 0 Å². The molecule has 29 heavy (non-hydrogen) atoms. The van der Waals surface area contributed by atoms with E-state index in [-0.39, 0.29) is 5.78 Å². The van der Waals surface area contributed by atoms with Crippen LogP contribution >= 0.6 is 0 Å². The maximum absolute atomic E-state index is 12.1. The summed E-state index contributed by atoms with van der Waals surface area (Å²) in [4.78, 5) is 19.1. The topological polar surface area (TPSA) is 32.7 Å². The molecule has 1 heterocycles. The smallest absolute Gasteiger partial charge is 0.154 e. The number of nitrogens with zero attached hydrogens (tertiary/aromatic N) is 2. The number of allylic oxidation sites excluding steroid dienone is 2. The number of benzene rings is 3. The van der Waals surface area contributed by atoms with Gasteiger partial charge in [-0.05, 0) is 32.1 Å². The fraction of sp³-hybridized carbons (Fsp3) is 0.0769. The monoisotopic (exact) mass is 378 g/mol. The van der Waals surface area contributed by atoms with Crippen LogP contribution in [0.2, 0.25) is 0 Å². The summed E-state index contributed by atoms with van der Waals surface area (Å²) in [5.74, 6) is 0.790. The van der Waals surface area contributed by atoms with Crippen LogP contribution in [0.4, 0.5) is 5.69 Å². The van der Waals surface area contributed by atoms with E-state index in [4.69, 9.17) is 4.99 Å². The molecule has 1 aliphatic rings. The van der Waals surface area contributed by atoms with E-state index in [1.165, 1.54) is 5.56 Å². The lowest BCUT2D eigenvalue weighted by molar-refractivity contribution is -0.112. The number of hydrogen-bond acceptors (Lipinski definition) is 3. The lowest BCUT2D eigenvalue weighted by atomic mass is 10.0. The number of aliphatic imine (C=N–C) groups is 1. The highest BCUT2D eigenvalue weighted by atomic mass is 16.1. The summed E-state index contributed by atoms with van der Waals surface area (Å²) in [6.45, 7) is 3.64. The summed E-state index contributed by atoms with van der Waals surface area (Å²) >= 11 is 0. The third kappa shape index (κ3) is 4.09. The van der Waals surface area contributed by atoms with Crippen LogP contribution in [0.15, 0.2) is 108 Å². The molecular weight excluding hydrogens is 356 g/mol. The van der Waals surface area contributed by atoms with Crippen molar-refractivity contribution in [1.29, 1.82) is 0 Å². The Morgan fingerprint density at radius 3 is 2.00 bits per heavy atom. The highest BCUT2D eigenvalue weighted by Crippen LogP contribution is 2.32. The van der Waals surface area contributed by atoms with E-state index < -0.39 is 0 Å². The first-order valence-electron chi connectivity index (χ1n) is 9.62. The molecule has 0 fully saturated rings. The van der Waals surface area contributed by atoms with Crippen LogP contribution in [0.3, 0.4) is 0 Å². The van der Waals surface area contributed by atoms with Crippen molar-refractivity contribution in [3.05, 3.63) is 119 Å². The van der Waals surface area contributed by atoms with Gasteiger partial charge in [-0.25, -0.2) is 4.99 Å². The minimum atomic E-state index is -0.00455. The molecule has 0 radical (unpaired) electrons. The highest BCUT2D eigenvalue weighted by Gasteiger charge is 2.24. The van der Waals surface area contributed by atoms with E-state index in [9.17, 15) is 4.79 Å². The lowest BCUT2D eigenvalue weighted by Crippen LogP contribution is -2.33. The molecular formula is C26H22N2O. The van der Waals surface area contributed by atoms with Gasteiger partial charge in [0.15, 0.2) is 5.78 Å². The molecule has 142 valence electrons. The average molecular weight is 378 g/mol. The molecule has 0 N–H and O–H groups in total. The molecule has 0 unspecified atom stereocenters. The third-order valence-electron chi connectivity index (χ3n) is 4.73. The van der Waals surface area contributed by atoms with E-state index in [0.29, 0.717) is 0 Å². The van der Waals surface area contributed by atoms with E-state index >= 15 is 0 Å². The van der Waals surface area contributed by atoms with E-state index in [2.05, 4.69) is 31.2 Å². The average Bonchev–Trinajstić information content (AvgIpc) is 2.75. The molecule has 0 spiro atoms. The van der Waals surface area contributed by atoms with Crippen molar-refractivity contribution in [3.8, 4) is 0 Å². The van der Waals surface area contributed by atoms with Crippen LogP contribution in [-0.2, 0) is 4.79 Å². The molecule has 3 heteroatoms. The Kier molecular flexibility index (Phi) is 5.21. The quantitative estimate of drug-likeness (QED) is 0.540. The van der Waals surface area contributed by atoms with Gasteiger partial charge >= 0.3 is 0 Å². The standard InChI is InChI=1S/C26H22N2O/c1-19-13-15-23(16-14-19)28-24(17-20(2)29)18-25(21-9-5-3-6-10-21)27-26(28)22-11-7-4-8-12-22/h3-18H,1-2H3. The van der Waals surface area contributed by atoms with Crippen LogP contribution in [0, 0.1) is 6.92 Å². The molecule has 0 amide bonds. The van der Waals surface area contributed by atoms with Crippen molar-refractivity contribution in [2.75, 3.05) is 4.90 Å². The first kappa shape index (κ1) is 18.6. The Bertz CT molecular complexity index is 1110. The molecule has 0 bridgehead atoms. The molecule has 3 aromatic carbocycles. The van der Waals surface area contributed by atoms with Crippen molar-refractivity contribution in [3.63, 3.8) is 0 Å². The Labute approximate surface area is 171 Å². The van der Waals surface area contributed by atoms with Gasteiger partial charge in [-0.3, -0.25) is 9.69 Å². The zero-order valence-electron chi connectivity index (χ0n) is 16.5. The minimum Gasteiger partial charge on any atom is -0.295 e. The second kappa shape index (κ2) is 8.11. The summed E-state index contributed by atoms with van der Waals surface area (Å²) in [7, 11) is 0. The zero-order chi connectivity index (χ0) is 20.2. The van der Waals surface area contributed by atoms with Crippen LogP contribution in [-0.4, -0.2) is 11.6 Å². The maximum atomic E-state index is 12.1. The molecule has 0 aliphatic carbocycles. The van der Waals surface area contributed by atoms with Gasteiger partial charge in [-0.1, -0.05) is 78.4 Å². The summed E-state index contributed by atoms with van der Waals surface area (Å²) in [6.07, 6.45) is 3.64. The minimum absolute atomic E-state index is 0.00455. The number of amidine groups is 1. The summed E-state index contributed by atoms with van der Waals surface area (Å²) in [5, 5.41) is 0. The number of hydrogen-bond donors (Lipinski definition) is 0. The Morgan fingerprint density at radius 1 is 0.828 bits per heavy atom. The van der Waals surface area contributed by atoms with Gasteiger partial charge in [0, 0.05) is 22.9 Å². The number of ketones is 1. The van der Waals surface area contributed by atoms with Crippen molar-refractivity contribution in [2.45, 2.75) is 13.8 Å². The molecule has 0 saturated carbocycles. The largest absolute Gasteiger partial charge is 0.295 e. The molecule has 4 rings (SSSR count). The summed E-state index contributed by atoms with van der Waals surface area (Å²) < 4.78 is 0. The Morgan fingerprint density at radius 2 is 1.41 bits per heavy atom. The number of carbonyl (C=O) groups excluding carboxylic acids is 1. The normalized spacial score (nSPS) is 15.1. The second-order valence-corrected chi connectivity index (χ2v) is 7.05. The van der Waals surface area contributed by atoms with Crippen LogP contribution in [0.25, 0.3) is 5.70 Å². The van der Waals surface area contributed by atoms with Crippen LogP contribution in [0.1, 0.15) is 23.6 Å². The van der Waals surface area contributed by atoms with Gasteiger partial charge in [-0.2, -0.15) is 0 Å². The Balaban J connectivity index is 1.94. The fourth-order valence-electron chi connectivity index (χ4n) is 3.34. The summed E-state index contributed by atoms with van der Waals surface area (Å²) in [6, 6.07) is 28.4. The van der Waals surface area contributed by atoms with Crippen LogP contribution < -0.4 is 4.90 Å². The van der Waals surface area contributed by atoms with Crippen molar-refractivity contribution < 1.29 is 4.79 Å². The molecule has 3 nitrogen and oxygen atoms in total. The molecule has 0 aromatic heterocycles. The first-order chi connectivity index (χ1) is 14.1. The predicted molar refractivity (Wildman–Crippen MR) is 120 cm³/mol. The Hall–Kier alpha value is -3.72. The number of aryl methyl sites for hydroxylation is 1. The highest BCUT2D eigenvalue weighted by molar-refractivity contribution is 6.16. The van der Waals surface area contributed by atoms with Gasteiger partial charge in [0.25, 0.3) is 0 Å². The molecule has 0 saturated heterocycles. The zero-order valence-corrected chi connectivity index (χ0v) is 16.5.